The van der Waals surface area contributed by atoms with E-state index in [0.29, 0.717) is 6.04 Å². The maximum Gasteiger partial charge on any atom is 0.183 e. The van der Waals surface area contributed by atoms with Crippen LogP contribution < -0.4 is 10.6 Å². The SMILES string of the molecule is C[C@@H]1CS/C(=N/c2ccccc2CCNc2nc3ccccc3s2)N1. The average molecular weight is 369 g/mol. The van der Waals surface area contributed by atoms with Crippen molar-refractivity contribution in [1.82, 2.24) is 10.3 Å². The Morgan fingerprint density at radius 2 is 2.04 bits per heavy atom. The molecule has 0 spiro atoms. The predicted molar refractivity (Wildman–Crippen MR) is 110 cm³/mol. The lowest BCUT2D eigenvalue weighted by atomic mass is 10.1. The first-order valence-corrected chi connectivity index (χ1v) is 10.2. The Kier molecular flexibility index (Phi) is 4.90. The number of anilines is 1. The summed E-state index contributed by atoms with van der Waals surface area (Å²) in [4.78, 5) is 9.42. The number of aliphatic imine (C=N–C) groups is 1. The minimum atomic E-state index is 0.497. The maximum absolute atomic E-state index is 4.80. The Morgan fingerprint density at radius 3 is 2.88 bits per heavy atom. The summed E-state index contributed by atoms with van der Waals surface area (Å²) in [6, 6.07) is 17.1. The van der Waals surface area contributed by atoms with E-state index in [1.54, 1.807) is 23.1 Å². The molecule has 1 saturated heterocycles. The van der Waals surface area contributed by atoms with Gasteiger partial charge in [0.15, 0.2) is 10.3 Å². The third-order valence-electron chi connectivity index (χ3n) is 4.02. The van der Waals surface area contributed by atoms with Crippen molar-refractivity contribution in [3.63, 3.8) is 0 Å². The van der Waals surface area contributed by atoms with Crippen LogP contribution in [0.15, 0.2) is 53.5 Å². The number of hydrogen-bond acceptors (Lipinski definition) is 5. The van der Waals surface area contributed by atoms with Crippen LogP contribution in [0, 0.1) is 0 Å². The summed E-state index contributed by atoms with van der Waals surface area (Å²) < 4.78 is 1.22. The second-order valence-electron chi connectivity index (χ2n) is 6.07. The van der Waals surface area contributed by atoms with Gasteiger partial charge in [-0.3, -0.25) is 0 Å². The van der Waals surface area contributed by atoms with E-state index in [-0.39, 0.29) is 0 Å². The molecule has 128 valence electrons. The standard InChI is InChI=1S/C19H20N4S2/c1-13-12-24-19(21-13)22-15-7-3-2-6-14(15)10-11-20-18-23-16-8-4-5-9-17(16)25-18/h2-9,13H,10-12H2,1H3,(H,20,23)(H,21,22)/t13-/m1/s1. The number of fused-ring (bicyclic) bond motifs is 1. The van der Waals surface area contributed by atoms with E-state index < -0.39 is 0 Å². The number of thiazole rings is 1. The monoisotopic (exact) mass is 368 g/mol. The third-order valence-corrected chi connectivity index (χ3v) is 6.16. The number of hydrogen-bond donors (Lipinski definition) is 2. The first-order valence-electron chi connectivity index (χ1n) is 8.43. The summed E-state index contributed by atoms with van der Waals surface area (Å²) >= 11 is 3.49. The van der Waals surface area contributed by atoms with Crippen molar-refractivity contribution in [2.75, 3.05) is 17.6 Å². The first-order chi connectivity index (χ1) is 12.3. The lowest BCUT2D eigenvalue weighted by molar-refractivity contribution is 0.768. The van der Waals surface area contributed by atoms with Gasteiger partial charge in [0, 0.05) is 18.3 Å². The Labute approximate surface area is 155 Å². The van der Waals surface area contributed by atoms with Gasteiger partial charge in [-0.15, -0.1) is 0 Å². The lowest BCUT2D eigenvalue weighted by Gasteiger charge is -2.07. The fourth-order valence-electron chi connectivity index (χ4n) is 2.76. The number of nitrogens with zero attached hydrogens (tertiary/aromatic N) is 2. The molecule has 1 aliphatic rings. The average Bonchev–Trinajstić information content (AvgIpc) is 3.22. The van der Waals surface area contributed by atoms with Crippen molar-refractivity contribution < 1.29 is 0 Å². The lowest BCUT2D eigenvalue weighted by Crippen LogP contribution is -2.22. The summed E-state index contributed by atoms with van der Waals surface area (Å²) in [5.74, 6) is 1.08. The highest BCUT2D eigenvalue weighted by atomic mass is 32.2. The van der Waals surface area contributed by atoms with Gasteiger partial charge >= 0.3 is 0 Å². The van der Waals surface area contributed by atoms with Gasteiger partial charge in [-0.1, -0.05) is 53.4 Å². The second kappa shape index (κ2) is 7.45. The number of rotatable bonds is 5. The Hall–Kier alpha value is -2.05. The highest BCUT2D eigenvalue weighted by Crippen LogP contribution is 2.26. The molecule has 2 aromatic carbocycles. The Bertz CT molecular complexity index is 870. The van der Waals surface area contributed by atoms with Gasteiger partial charge in [0.05, 0.1) is 15.9 Å². The van der Waals surface area contributed by atoms with E-state index >= 15 is 0 Å². The topological polar surface area (TPSA) is 49.3 Å². The molecule has 0 aliphatic carbocycles. The zero-order valence-corrected chi connectivity index (χ0v) is 15.7. The number of amidine groups is 1. The molecule has 1 aromatic heterocycles. The Morgan fingerprint density at radius 1 is 1.20 bits per heavy atom. The largest absolute Gasteiger partial charge is 0.361 e. The molecule has 1 fully saturated rings. The molecule has 0 amide bonds. The molecule has 0 radical (unpaired) electrons. The second-order valence-corrected chi connectivity index (χ2v) is 8.10. The molecule has 0 unspecified atom stereocenters. The van der Waals surface area contributed by atoms with Gasteiger partial charge in [-0.2, -0.15) is 0 Å². The van der Waals surface area contributed by atoms with Crippen LogP contribution in [0.3, 0.4) is 0 Å². The van der Waals surface area contributed by atoms with E-state index in [4.69, 9.17) is 4.99 Å². The van der Waals surface area contributed by atoms with Crippen LogP contribution >= 0.6 is 23.1 Å². The number of aromatic nitrogens is 1. The molecule has 2 N–H and O–H groups in total. The van der Waals surface area contributed by atoms with Crippen molar-refractivity contribution in [3.05, 3.63) is 54.1 Å². The van der Waals surface area contributed by atoms with E-state index in [1.165, 1.54) is 10.3 Å². The minimum absolute atomic E-state index is 0.497. The van der Waals surface area contributed by atoms with Crippen LogP contribution in [0.1, 0.15) is 12.5 Å². The fraction of sp³-hybridized carbons (Fsp3) is 0.263. The normalized spacial score (nSPS) is 18.6. The van der Waals surface area contributed by atoms with Crippen molar-refractivity contribution in [2.45, 2.75) is 19.4 Å². The van der Waals surface area contributed by atoms with Gasteiger partial charge in [0.25, 0.3) is 0 Å². The third kappa shape index (κ3) is 3.96. The molecule has 4 rings (SSSR count). The Balaban J connectivity index is 1.42. The highest BCUT2D eigenvalue weighted by Gasteiger charge is 2.16. The zero-order chi connectivity index (χ0) is 17.1. The molecule has 1 atom stereocenters. The van der Waals surface area contributed by atoms with E-state index in [2.05, 4.69) is 58.9 Å². The van der Waals surface area contributed by atoms with Crippen LogP contribution in [0.25, 0.3) is 10.2 Å². The molecule has 6 heteroatoms. The highest BCUT2D eigenvalue weighted by molar-refractivity contribution is 8.14. The van der Waals surface area contributed by atoms with Crippen molar-refractivity contribution in [2.24, 2.45) is 4.99 Å². The molecule has 0 bridgehead atoms. The molecule has 25 heavy (non-hydrogen) atoms. The number of benzene rings is 2. The van der Waals surface area contributed by atoms with Crippen molar-refractivity contribution in [1.29, 1.82) is 0 Å². The smallest absolute Gasteiger partial charge is 0.183 e. The quantitative estimate of drug-likeness (QED) is 0.687. The summed E-state index contributed by atoms with van der Waals surface area (Å²) in [6.07, 6.45) is 0.920. The maximum atomic E-state index is 4.80. The van der Waals surface area contributed by atoms with Gasteiger partial charge in [0.2, 0.25) is 0 Å². The van der Waals surface area contributed by atoms with Gasteiger partial charge < -0.3 is 10.6 Å². The first kappa shape index (κ1) is 16.4. The van der Waals surface area contributed by atoms with Gasteiger partial charge in [0.1, 0.15) is 0 Å². The van der Waals surface area contributed by atoms with Crippen LogP contribution in [0.2, 0.25) is 0 Å². The molecule has 4 nitrogen and oxygen atoms in total. The molecule has 0 saturated carbocycles. The molecular weight excluding hydrogens is 348 g/mol. The molecule has 3 aromatic rings. The van der Waals surface area contributed by atoms with Crippen LogP contribution in [0.4, 0.5) is 10.8 Å². The summed E-state index contributed by atoms with van der Waals surface area (Å²) in [5, 5.41) is 8.87. The summed E-state index contributed by atoms with van der Waals surface area (Å²) in [5.41, 5.74) is 3.36. The molecule has 2 heterocycles. The summed E-state index contributed by atoms with van der Waals surface area (Å²) in [6.45, 7) is 3.03. The van der Waals surface area contributed by atoms with Gasteiger partial charge in [-0.05, 0) is 37.1 Å². The van der Waals surface area contributed by atoms with Crippen LogP contribution in [0.5, 0.6) is 0 Å². The van der Waals surface area contributed by atoms with E-state index in [1.807, 2.05) is 12.1 Å². The predicted octanol–water partition coefficient (Wildman–Crippen LogP) is 4.66. The van der Waals surface area contributed by atoms with Crippen molar-refractivity contribution in [3.8, 4) is 0 Å². The fourth-order valence-corrected chi connectivity index (χ4v) is 4.59. The number of thioether (sulfide) groups is 1. The van der Waals surface area contributed by atoms with Crippen LogP contribution in [-0.2, 0) is 6.42 Å². The summed E-state index contributed by atoms with van der Waals surface area (Å²) in [7, 11) is 0. The number of para-hydroxylation sites is 2. The van der Waals surface area contributed by atoms with Crippen LogP contribution in [-0.4, -0.2) is 28.5 Å². The minimum Gasteiger partial charge on any atom is -0.361 e. The van der Waals surface area contributed by atoms with E-state index in [0.717, 1.165) is 40.2 Å². The van der Waals surface area contributed by atoms with Gasteiger partial charge in [-0.25, -0.2) is 9.98 Å². The number of nitrogens with one attached hydrogen (secondary N) is 2. The molecule has 1 aliphatic heterocycles. The van der Waals surface area contributed by atoms with E-state index in [9.17, 15) is 0 Å². The molecular formula is C19H20N4S2. The van der Waals surface area contributed by atoms with Crippen molar-refractivity contribution >= 4 is 49.3 Å². The zero-order valence-electron chi connectivity index (χ0n) is 14.0.